The van der Waals surface area contributed by atoms with E-state index < -0.39 is 0 Å². The van der Waals surface area contributed by atoms with E-state index in [9.17, 15) is 0 Å². The Kier molecular flexibility index (Phi) is 3.11. The lowest BCUT2D eigenvalue weighted by Crippen LogP contribution is -1.89. The van der Waals surface area contributed by atoms with Gasteiger partial charge in [-0.25, -0.2) is 0 Å². The molecule has 1 heterocycles. The molecule has 0 amide bonds. The molecule has 0 bridgehead atoms. The van der Waals surface area contributed by atoms with Crippen LogP contribution in [0.1, 0.15) is 5.56 Å². The molecule has 2 aromatic carbocycles. The molecule has 0 N–H and O–H groups in total. The van der Waals surface area contributed by atoms with Crippen LogP contribution in [0.4, 0.5) is 0 Å². The fourth-order valence-electron chi connectivity index (χ4n) is 2.20. The van der Waals surface area contributed by atoms with Gasteiger partial charge < -0.3 is 0 Å². The average Bonchev–Trinajstić information content (AvgIpc) is 2.48. The highest BCUT2D eigenvalue weighted by molar-refractivity contribution is 5.80. The molecule has 0 fully saturated rings. The SMILES string of the molecule is Cc1cccc(-c2ncc[c]c2-c2ccccc2)c1. The Morgan fingerprint density at radius 2 is 1.68 bits per heavy atom. The Hall–Kier alpha value is -2.41. The molecule has 1 aromatic heterocycles. The van der Waals surface area contributed by atoms with Gasteiger partial charge in [-0.3, -0.25) is 4.98 Å². The van der Waals surface area contributed by atoms with Crippen LogP contribution in [0.5, 0.6) is 0 Å². The van der Waals surface area contributed by atoms with E-state index in [-0.39, 0.29) is 0 Å². The molecular weight excluding hydrogens is 230 g/mol. The van der Waals surface area contributed by atoms with Crippen LogP contribution < -0.4 is 0 Å². The number of pyridine rings is 1. The fourth-order valence-corrected chi connectivity index (χ4v) is 2.20. The van der Waals surface area contributed by atoms with E-state index in [1.165, 1.54) is 5.56 Å². The zero-order chi connectivity index (χ0) is 13.1. The van der Waals surface area contributed by atoms with Crippen LogP contribution in [0.3, 0.4) is 0 Å². The molecule has 19 heavy (non-hydrogen) atoms. The van der Waals surface area contributed by atoms with Gasteiger partial charge in [-0.05, 0) is 30.7 Å². The predicted molar refractivity (Wildman–Crippen MR) is 78.7 cm³/mol. The molecule has 91 valence electrons. The van der Waals surface area contributed by atoms with Crippen LogP contribution >= 0.6 is 0 Å². The Morgan fingerprint density at radius 1 is 0.895 bits per heavy atom. The standard InChI is InChI=1S/C18H14N/c1-14-7-5-10-16(13-14)18-17(11-6-12-19-18)15-8-3-2-4-9-15/h2-10,12-13H,1H3. The van der Waals surface area contributed by atoms with Gasteiger partial charge in [0.15, 0.2) is 0 Å². The van der Waals surface area contributed by atoms with Crippen molar-refractivity contribution >= 4 is 0 Å². The summed E-state index contributed by atoms with van der Waals surface area (Å²) in [6.45, 7) is 2.10. The quantitative estimate of drug-likeness (QED) is 0.645. The van der Waals surface area contributed by atoms with Gasteiger partial charge in [0.1, 0.15) is 0 Å². The molecule has 0 unspecified atom stereocenters. The van der Waals surface area contributed by atoms with Crippen molar-refractivity contribution in [2.24, 2.45) is 0 Å². The molecule has 3 rings (SSSR count). The van der Waals surface area contributed by atoms with Gasteiger partial charge in [-0.15, -0.1) is 0 Å². The first-order chi connectivity index (χ1) is 9.34. The van der Waals surface area contributed by atoms with Crippen molar-refractivity contribution in [3.8, 4) is 22.4 Å². The molecular formula is C18H14N. The molecule has 1 heteroatoms. The van der Waals surface area contributed by atoms with Crippen LogP contribution in [0.2, 0.25) is 0 Å². The minimum absolute atomic E-state index is 0.984. The van der Waals surface area contributed by atoms with Crippen LogP contribution in [0, 0.1) is 13.0 Å². The maximum Gasteiger partial charge on any atom is 0.0786 e. The first kappa shape index (κ1) is 11.7. The predicted octanol–water partition coefficient (Wildman–Crippen LogP) is 4.52. The molecule has 0 aliphatic carbocycles. The molecule has 0 saturated carbocycles. The Balaban J connectivity index is 2.18. The first-order valence-electron chi connectivity index (χ1n) is 6.34. The van der Waals surface area contributed by atoms with Gasteiger partial charge in [0.25, 0.3) is 0 Å². The summed E-state index contributed by atoms with van der Waals surface area (Å²) in [5.41, 5.74) is 5.55. The summed E-state index contributed by atoms with van der Waals surface area (Å²) in [6.07, 6.45) is 1.80. The number of aryl methyl sites for hydroxylation is 1. The minimum atomic E-state index is 0.984. The summed E-state index contributed by atoms with van der Waals surface area (Å²) < 4.78 is 0. The largest absolute Gasteiger partial charge is 0.256 e. The van der Waals surface area contributed by atoms with Crippen molar-refractivity contribution in [2.45, 2.75) is 6.92 Å². The van der Waals surface area contributed by atoms with Crippen molar-refractivity contribution in [1.29, 1.82) is 0 Å². The minimum Gasteiger partial charge on any atom is -0.256 e. The number of hydrogen-bond donors (Lipinski definition) is 0. The number of aromatic nitrogens is 1. The summed E-state index contributed by atoms with van der Waals surface area (Å²) in [5, 5.41) is 0. The summed E-state index contributed by atoms with van der Waals surface area (Å²) >= 11 is 0. The van der Waals surface area contributed by atoms with Crippen LogP contribution in [0.25, 0.3) is 22.4 Å². The van der Waals surface area contributed by atoms with E-state index >= 15 is 0 Å². The third-order valence-corrected chi connectivity index (χ3v) is 3.10. The van der Waals surface area contributed by atoms with Gasteiger partial charge in [-0.2, -0.15) is 0 Å². The molecule has 0 spiro atoms. The molecule has 0 aliphatic heterocycles. The second kappa shape index (κ2) is 5.07. The van der Waals surface area contributed by atoms with Gasteiger partial charge in [-0.1, -0.05) is 54.1 Å². The van der Waals surface area contributed by atoms with E-state index in [0.717, 1.165) is 22.4 Å². The summed E-state index contributed by atoms with van der Waals surface area (Å²) in [4.78, 5) is 4.54. The van der Waals surface area contributed by atoms with Crippen molar-refractivity contribution in [2.75, 3.05) is 0 Å². The Labute approximate surface area is 113 Å². The monoisotopic (exact) mass is 244 g/mol. The maximum atomic E-state index is 4.54. The van der Waals surface area contributed by atoms with Gasteiger partial charge in [0.2, 0.25) is 0 Å². The van der Waals surface area contributed by atoms with Gasteiger partial charge in [0.05, 0.1) is 5.69 Å². The zero-order valence-electron chi connectivity index (χ0n) is 10.8. The first-order valence-corrected chi connectivity index (χ1v) is 6.34. The fraction of sp³-hybridized carbons (Fsp3) is 0.0556. The van der Waals surface area contributed by atoms with E-state index in [1.54, 1.807) is 6.20 Å². The number of benzene rings is 2. The van der Waals surface area contributed by atoms with E-state index in [2.05, 4.69) is 54.4 Å². The van der Waals surface area contributed by atoms with Crippen molar-refractivity contribution in [3.05, 3.63) is 78.5 Å². The second-order valence-corrected chi connectivity index (χ2v) is 4.55. The molecule has 1 radical (unpaired) electrons. The van der Waals surface area contributed by atoms with E-state index in [4.69, 9.17) is 0 Å². The highest BCUT2D eigenvalue weighted by Gasteiger charge is 2.08. The Morgan fingerprint density at radius 3 is 2.47 bits per heavy atom. The highest BCUT2D eigenvalue weighted by Crippen LogP contribution is 2.29. The van der Waals surface area contributed by atoms with Crippen LogP contribution in [0.15, 0.2) is 66.9 Å². The molecule has 3 aromatic rings. The summed E-state index contributed by atoms with van der Waals surface area (Å²) in [5.74, 6) is 0. The maximum absolute atomic E-state index is 4.54. The molecule has 0 saturated heterocycles. The molecule has 1 nitrogen and oxygen atoms in total. The smallest absolute Gasteiger partial charge is 0.0786 e. The summed E-state index contributed by atoms with van der Waals surface area (Å²) in [7, 11) is 0. The van der Waals surface area contributed by atoms with Crippen LogP contribution in [-0.2, 0) is 0 Å². The number of hydrogen-bond acceptors (Lipinski definition) is 1. The van der Waals surface area contributed by atoms with E-state index in [0.29, 0.717) is 0 Å². The second-order valence-electron chi connectivity index (χ2n) is 4.55. The lowest BCUT2D eigenvalue weighted by molar-refractivity contribution is 1.31. The number of nitrogens with zero attached hydrogens (tertiary/aromatic N) is 1. The normalized spacial score (nSPS) is 10.4. The van der Waals surface area contributed by atoms with Crippen molar-refractivity contribution < 1.29 is 0 Å². The van der Waals surface area contributed by atoms with Crippen molar-refractivity contribution in [3.63, 3.8) is 0 Å². The average molecular weight is 244 g/mol. The van der Waals surface area contributed by atoms with Gasteiger partial charge >= 0.3 is 0 Å². The lowest BCUT2D eigenvalue weighted by atomic mass is 9.98. The topological polar surface area (TPSA) is 12.9 Å². The van der Waals surface area contributed by atoms with Gasteiger partial charge in [0, 0.05) is 17.3 Å². The molecule has 0 atom stereocenters. The summed E-state index contributed by atoms with van der Waals surface area (Å²) in [6, 6.07) is 23.9. The van der Waals surface area contributed by atoms with Crippen LogP contribution in [-0.4, -0.2) is 4.98 Å². The Bertz CT molecular complexity index is 687. The highest BCUT2D eigenvalue weighted by atomic mass is 14.7. The lowest BCUT2D eigenvalue weighted by Gasteiger charge is -2.09. The van der Waals surface area contributed by atoms with Crippen molar-refractivity contribution in [1.82, 2.24) is 4.98 Å². The third-order valence-electron chi connectivity index (χ3n) is 3.10. The van der Waals surface area contributed by atoms with E-state index in [1.807, 2.05) is 24.3 Å². The third kappa shape index (κ3) is 2.41. The zero-order valence-corrected chi connectivity index (χ0v) is 10.8. The molecule has 0 aliphatic rings. The number of rotatable bonds is 2.